The third kappa shape index (κ3) is 1.79. The van der Waals surface area contributed by atoms with Crippen LogP contribution in [0.5, 0.6) is 5.75 Å². The van der Waals surface area contributed by atoms with Crippen LogP contribution in [0, 0.1) is 4.91 Å². The highest BCUT2D eigenvalue weighted by molar-refractivity contribution is 5.47. The Morgan fingerprint density at radius 1 is 1.50 bits per heavy atom. The van der Waals surface area contributed by atoms with Gasteiger partial charge < -0.3 is 10.8 Å². The van der Waals surface area contributed by atoms with Crippen LogP contribution in [-0.4, -0.2) is 11.7 Å². The number of hydrogen-bond acceptors (Lipinski definition) is 4. The van der Waals surface area contributed by atoms with E-state index in [4.69, 9.17) is 5.73 Å². The van der Waals surface area contributed by atoms with Crippen molar-refractivity contribution in [1.82, 2.24) is 0 Å². The van der Waals surface area contributed by atoms with Crippen molar-refractivity contribution >= 4 is 5.69 Å². The van der Waals surface area contributed by atoms with Crippen LogP contribution >= 0.6 is 0 Å². The topological polar surface area (TPSA) is 75.7 Å². The van der Waals surface area contributed by atoms with Crippen molar-refractivity contribution < 1.29 is 5.11 Å². The molecule has 0 aromatic heterocycles. The van der Waals surface area contributed by atoms with Gasteiger partial charge in [-0.1, -0.05) is 6.07 Å². The van der Waals surface area contributed by atoms with Gasteiger partial charge in [0.2, 0.25) is 0 Å². The van der Waals surface area contributed by atoms with Crippen LogP contribution in [0.25, 0.3) is 0 Å². The Kier molecular flexibility index (Phi) is 2.76. The lowest BCUT2D eigenvalue weighted by Crippen LogP contribution is -2.02. The van der Waals surface area contributed by atoms with Crippen LogP contribution < -0.4 is 5.73 Å². The van der Waals surface area contributed by atoms with E-state index in [0.29, 0.717) is 13.0 Å². The van der Waals surface area contributed by atoms with Crippen molar-refractivity contribution in [2.75, 3.05) is 6.54 Å². The van der Waals surface area contributed by atoms with Gasteiger partial charge in [0.25, 0.3) is 0 Å². The van der Waals surface area contributed by atoms with Gasteiger partial charge in [-0.25, -0.2) is 0 Å². The molecule has 0 saturated heterocycles. The summed E-state index contributed by atoms with van der Waals surface area (Å²) in [5, 5.41) is 12.0. The highest BCUT2D eigenvalue weighted by Crippen LogP contribution is 2.23. The molecule has 1 rings (SSSR count). The molecule has 4 heteroatoms. The van der Waals surface area contributed by atoms with Gasteiger partial charge in [0.1, 0.15) is 11.4 Å². The molecular formula is C8H10N2O2. The predicted octanol–water partition coefficient (Wildman–Crippen LogP) is 1.29. The molecule has 1 aromatic rings. The third-order valence-corrected chi connectivity index (χ3v) is 1.59. The molecule has 3 N–H and O–H groups in total. The largest absolute Gasteiger partial charge is 0.508 e. The van der Waals surface area contributed by atoms with Crippen molar-refractivity contribution in [2.45, 2.75) is 6.42 Å². The number of phenolic OH excluding ortho intramolecular Hbond substituents is 1. The Labute approximate surface area is 70.0 Å². The maximum absolute atomic E-state index is 10.0. The van der Waals surface area contributed by atoms with Gasteiger partial charge >= 0.3 is 0 Å². The highest BCUT2D eigenvalue weighted by atomic mass is 16.3. The van der Waals surface area contributed by atoms with Gasteiger partial charge in [0, 0.05) is 6.07 Å². The van der Waals surface area contributed by atoms with E-state index in [9.17, 15) is 10.0 Å². The van der Waals surface area contributed by atoms with Crippen LogP contribution in [0.2, 0.25) is 0 Å². The number of hydrogen-bond donors (Lipinski definition) is 2. The number of aromatic hydroxyl groups is 1. The van der Waals surface area contributed by atoms with Crippen molar-refractivity contribution in [3.05, 3.63) is 28.7 Å². The highest BCUT2D eigenvalue weighted by Gasteiger charge is 2.01. The minimum Gasteiger partial charge on any atom is -0.508 e. The van der Waals surface area contributed by atoms with Gasteiger partial charge in [-0.05, 0) is 29.8 Å². The fraction of sp³-hybridized carbons (Fsp3) is 0.250. The molecule has 0 saturated carbocycles. The van der Waals surface area contributed by atoms with Gasteiger partial charge in [-0.3, -0.25) is 0 Å². The van der Waals surface area contributed by atoms with Crippen molar-refractivity contribution in [1.29, 1.82) is 0 Å². The molecule has 1 aromatic carbocycles. The van der Waals surface area contributed by atoms with Crippen LogP contribution in [0.1, 0.15) is 5.56 Å². The first-order chi connectivity index (χ1) is 5.77. The Morgan fingerprint density at radius 2 is 2.25 bits per heavy atom. The van der Waals surface area contributed by atoms with E-state index in [2.05, 4.69) is 5.18 Å². The molecule has 0 aliphatic heterocycles. The van der Waals surface area contributed by atoms with Crippen LogP contribution in [0.4, 0.5) is 5.69 Å². The summed E-state index contributed by atoms with van der Waals surface area (Å²) in [5.74, 6) is 0.0811. The first-order valence-corrected chi connectivity index (χ1v) is 3.63. The molecule has 0 aliphatic carbocycles. The molecule has 0 aliphatic rings. The normalized spacial score (nSPS) is 9.75. The first-order valence-electron chi connectivity index (χ1n) is 3.63. The molecule has 0 atom stereocenters. The van der Waals surface area contributed by atoms with Gasteiger partial charge in [0.05, 0.1) is 0 Å². The molecule has 12 heavy (non-hydrogen) atoms. The minimum absolute atomic E-state index is 0.0811. The van der Waals surface area contributed by atoms with E-state index < -0.39 is 0 Å². The molecule has 0 unspecified atom stereocenters. The average Bonchev–Trinajstić information content (AvgIpc) is 2.09. The second kappa shape index (κ2) is 3.82. The van der Waals surface area contributed by atoms with Crippen molar-refractivity contribution in [2.24, 2.45) is 10.9 Å². The Bertz CT molecular complexity index is 286. The maximum atomic E-state index is 10.0. The first kappa shape index (κ1) is 8.67. The minimum atomic E-state index is 0.0811. The summed E-state index contributed by atoms with van der Waals surface area (Å²) in [5.41, 5.74) is 6.27. The van der Waals surface area contributed by atoms with Gasteiger partial charge in [-0.15, -0.1) is 4.91 Å². The lowest BCUT2D eigenvalue weighted by Gasteiger charge is -2.01. The zero-order valence-electron chi connectivity index (χ0n) is 6.53. The van der Waals surface area contributed by atoms with E-state index in [1.165, 1.54) is 6.07 Å². The molecule has 4 nitrogen and oxygen atoms in total. The Hall–Kier alpha value is -1.42. The summed E-state index contributed by atoms with van der Waals surface area (Å²) in [7, 11) is 0. The SMILES string of the molecule is NCCc1ccc(N=O)cc1O. The van der Waals surface area contributed by atoms with E-state index in [0.717, 1.165) is 5.56 Å². The molecule has 0 heterocycles. The van der Waals surface area contributed by atoms with Crippen LogP contribution in [0.3, 0.4) is 0 Å². The lowest BCUT2D eigenvalue weighted by molar-refractivity contribution is 0.468. The number of rotatable bonds is 3. The number of nitrogens with zero attached hydrogens (tertiary/aromatic N) is 1. The lowest BCUT2D eigenvalue weighted by atomic mass is 10.1. The summed E-state index contributed by atoms with van der Waals surface area (Å²) in [4.78, 5) is 10.0. The summed E-state index contributed by atoms with van der Waals surface area (Å²) in [6.07, 6.45) is 0.602. The van der Waals surface area contributed by atoms with Crippen LogP contribution in [0.15, 0.2) is 23.4 Å². The zero-order valence-corrected chi connectivity index (χ0v) is 6.53. The van der Waals surface area contributed by atoms with E-state index in [1.54, 1.807) is 12.1 Å². The standard InChI is InChI=1S/C8H10N2O2/c9-4-3-6-1-2-7(10-12)5-8(6)11/h1-2,5,11H,3-4,9H2. The molecular weight excluding hydrogens is 156 g/mol. The van der Waals surface area contributed by atoms with Gasteiger partial charge in [-0.2, -0.15) is 0 Å². The fourth-order valence-corrected chi connectivity index (χ4v) is 0.976. The fourth-order valence-electron chi connectivity index (χ4n) is 0.976. The van der Waals surface area contributed by atoms with Crippen molar-refractivity contribution in [3.63, 3.8) is 0 Å². The molecule has 64 valence electrons. The van der Waals surface area contributed by atoms with E-state index in [-0.39, 0.29) is 11.4 Å². The quantitative estimate of drug-likeness (QED) is 0.664. The summed E-state index contributed by atoms with van der Waals surface area (Å²) >= 11 is 0. The third-order valence-electron chi connectivity index (χ3n) is 1.59. The second-order valence-corrected chi connectivity index (χ2v) is 2.44. The van der Waals surface area contributed by atoms with Crippen LogP contribution in [-0.2, 0) is 6.42 Å². The van der Waals surface area contributed by atoms with Crippen molar-refractivity contribution in [3.8, 4) is 5.75 Å². The smallest absolute Gasteiger partial charge is 0.121 e. The number of nitroso groups, excluding NO2 is 1. The number of benzene rings is 1. The zero-order chi connectivity index (χ0) is 8.97. The second-order valence-electron chi connectivity index (χ2n) is 2.44. The molecule has 0 amide bonds. The maximum Gasteiger partial charge on any atom is 0.121 e. The van der Waals surface area contributed by atoms with E-state index in [1.807, 2.05) is 0 Å². The predicted molar refractivity (Wildman–Crippen MR) is 46.3 cm³/mol. The summed E-state index contributed by atoms with van der Waals surface area (Å²) in [6, 6.07) is 4.54. The van der Waals surface area contributed by atoms with E-state index >= 15 is 0 Å². The van der Waals surface area contributed by atoms with Gasteiger partial charge in [0.15, 0.2) is 0 Å². The molecule has 0 bridgehead atoms. The number of phenols is 1. The molecule has 0 radical (unpaired) electrons. The average molecular weight is 166 g/mol. The molecule has 0 fully saturated rings. The Morgan fingerprint density at radius 3 is 2.75 bits per heavy atom. The monoisotopic (exact) mass is 166 g/mol. The molecule has 0 spiro atoms. The summed E-state index contributed by atoms with van der Waals surface area (Å²) in [6.45, 7) is 0.474. The number of nitrogens with two attached hydrogens (primary N) is 1. The summed E-state index contributed by atoms with van der Waals surface area (Å²) < 4.78 is 0. The Balaban J connectivity index is 2.94.